The number of hydrogen-bond acceptors (Lipinski definition) is 6. The molecule has 1 aromatic heterocycles. The minimum atomic E-state index is -0.694. The van der Waals surface area contributed by atoms with Crippen LogP contribution in [0.5, 0.6) is 0 Å². The average molecular weight is 396 g/mol. The fraction of sp³-hybridized carbons (Fsp3) is 0.364. The molecule has 152 valence electrons. The van der Waals surface area contributed by atoms with Crippen molar-refractivity contribution in [2.24, 2.45) is 0 Å². The third kappa shape index (κ3) is 3.53. The number of ketones is 1. The van der Waals surface area contributed by atoms with Crippen LogP contribution in [-0.2, 0) is 9.53 Å². The van der Waals surface area contributed by atoms with Gasteiger partial charge in [0.25, 0.3) is 5.91 Å². The Bertz CT molecular complexity index is 925. The number of aliphatic hydroxyl groups is 1. The van der Waals surface area contributed by atoms with Gasteiger partial charge in [0, 0.05) is 32.9 Å². The molecule has 1 fully saturated rings. The van der Waals surface area contributed by atoms with Crippen molar-refractivity contribution < 1.29 is 23.8 Å². The summed E-state index contributed by atoms with van der Waals surface area (Å²) in [6.07, 6.45) is 3.07. The second kappa shape index (κ2) is 7.75. The summed E-state index contributed by atoms with van der Waals surface area (Å²) < 4.78 is 10.9. The highest BCUT2D eigenvalue weighted by molar-refractivity contribution is 6.15. The van der Waals surface area contributed by atoms with E-state index < -0.39 is 23.5 Å². The second-order valence-electron chi connectivity index (χ2n) is 7.55. The Labute approximate surface area is 169 Å². The van der Waals surface area contributed by atoms with Crippen LogP contribution in [0.25, 0.3) is 0 Å². The zero-order valence-electron chi connectivity index (χ0n) is 16.5. The van der Waals surface area contributed by atoms with Crippen molar-refractivity contribution in [1.82, 2.24) is 4.90 Å². The molecule has 29 heavy (non-hydrogen) atoms. The molecule has 2 aromatic rings. The van der Waals surface area contributed by atoms with Gasteiger partial charge in [-0.05, 0) is 42.7 Å². The van der Waals surface area contributed by atoms with Gasteiger partial charge in [-0.15, -0.1) is 0 Å². The van der Waals surface area contributed by atoms with Crippen LogP contribution in [0.4, 0.5) is 5.69 Å². The van der Waals surface area contributed by atoms with E-state index in [1.54, 1.807) is 6.07 Å². The van der Waals surface area contributed by atoms with Gasteiger partial charge in [-0.25, -0.2) is 0 Å². The number of anilines is 1. The maximum Gasteiger partial charge on any atom is 0.290 e. The standard InChI is InChI=1S/C22H24N2O5/c1-23(2)15-9-7-14(8-10-15)19-18(20(25)17-6-4-12-29-17)21(26)22(27)24(19)13-16-5-3-11-28-16/h4,6-10,12,16,19,26H,3,5,11,13H2,1-2H3. The maximum atomic E-state index is 13.1. The van der Waals surface area contributed by atoms with Crippen molar-refractivity contribution in [2.45, 2.75) is 25.0 Å². The SMILES string of the molecule is CN(C)c1ccc(C2C(C(=O)c3ccco3)=C(O)C(=O)N2CC2CCCO2)cc1. The highest BCUT2D eigenvalue weighted by atomic mass is 16.5. The van der Waals surface area contributed by atoms with E-state index in [1.807, 2.05) is 43.3 Å². The van der Waals surface area contributed by atoms with E-state index in [2.05, 4.69) is 0 Å². The fourth-order valence-electron chi connectivity index (χ4n) is 3.92. The van der Waals surface area contributed by atoms with Crippen LogP contribution in [0.2, 0.25) is 0 Å². The van der Waals surface area contributed by atoms with Gasteiger partial charge in [0.05, 0.1) is 24.0 Å². The molecule has 0 bridgehead atoms. The molecule has 7 nitrogen and oxygen atoms in total. The van der Waals surface area contributed by atoms with Gasteiger partial charge < -0.3 is 24.1 Å². The molecule has 3 heterocycles. The highest BCUT2D eigenvalue weighted by Crippen LogP contribution is 2.40. The van der Waals surface area contributed by atoms with E-state index in [1.165, 1.54) is 17.2 Å². The lowest BCUT2D eigenvalue weighted by atomic mass is 9.94. The molecule has 7 heteroatoms. The van der Waals surface area contributed by atoms with Gasteiger partial charge in [-0.3, -0.25) is 9.59 Å². The Morgan fingerprint density at radius 2 is 2.00 bits per heavy atom. The van der Waals surface area contributed by atoms with E-state index in [0.717, 1.165) is 24.1 Å². The van der Waals surface area contributed by atoms with E-state index >= 15 is 0 Å². The summed E-state index contributed by atoms with van der Waals surface area (Å²) in [5.41, 5.74) is 1.79. The third-order valence-corrected chi connectivity index (χ3v) is 5.44. The van der Waals surface area contributed by atoms with Crippen LogP contribution in [0, 0.1) is 0 Å². The zero-order valence-corrected chi connectivity index (χ0v) is 16.5. The van der Waals surface area contributed by atoms with Gasteiger partial charge in [0.1, 0.15) is 0 Å². The number of rotatable bonds is 6. The van der Waals surface area contributed by atoms with Crippen LogP contribution in [0.3, 0.4) is 0 Å². The smallest absolute Gasteiger partial charge is 0.290 e. The first kappa shape index (κ1) is 19.3. The summed E-state index contributed by atoms with van der Waals surface area (Å²) in [6, 6.07) is 10.0. The van der Waals surface area contributed by atoms with Crippen LogP contribution in [-0.4, -0.2) is 55.0 Å². The van der Waals surface area contributed by atoms with Crippen molar-refractivity contribution in [3.63, 3.8) is 0 Å². The molecule has 0 saturated carbocycles. The molecule has 0 aliphatic carbocycles. The molecule has 1 aromatic carbocycles. The number of hydrogen-bond donors (Lipinski definition) is 1. The number of ether oxygens (including phenoxy) is 1. The quantitative estimate of drug-likeness (QED) is 0.756. The molecular weight excluding hydrogens is 372 g/mol. The minimum Gasteiger partial charge on any atom is -0.503 e. The summed E-state index contributed by atoms with van der Waals surface area (Å²) in [7, 11) is 3.88. The summed E-state index contributed by atoms with van der Waals surface area (Å²) in [5, 5.41) is 10.6. The van der Waals surface area contributed by atoms with Gasteiger partial charge in [0.15, 0.2) is 11.5 Å². The predicted octanol–water partition coefficient (Wildman–Crippen LogP) is 3.10. The van der Waals surface area contributed by atoms with Crippen LogP contribution < -0.4 is 4.90 Å². The number of aliphatic hydroxyl groups excluding tert-OH is 1. The van der Waals surface area contributed by atoms with Crippen molar-refractivity contribution >= 4 is 17.4 Å². The van der Waals surface area contributed by atoms with E-state index in [-0.39, 0.29) is 17.4 Å². The Kier molecular flexibility index (Phi) is 5.15. The van der Waals surface area contributed by atoms with Crippen LogP contribution in [0.1, 0.15) is 35.0 Å². The summed E-state index contributed by atoms with van der Waals surface area (Å²) >= 11 is 0. The molecule has 0 spiro atoms. The van der Waals surface area contributed by atoms with Crippen molar-refractivity contribution in [1.29, 1.82) is 0 Å². The number of furan rings is 1. The number of carbonyl (C=O) groups excluding carboxylic acids is 2. The first-order valence-electron chi connectivity index (χ1n) is 9.68. The lowest BCUT2D eigenvalue weighted by Crippen LogP contribution is -2.37. The predicted molar refractivity (Wildman–Crippen MR) is 107 cm³/mol. The molecule has 1 amide bonds. The van der Waals surface area contributed by atoms with E-state index in [0.29, 0.717) is 13.2 Å². The van der Waals surface area contributed by atoms with Crippen molar-refractivity contribution in [3.8, 4) is 0 Å². The average Bonchev–Trinajstić information content (AvgIpc) is 3.46. The Morgan fingerprint density at radius 3 is 2.59 bits per heavy atom. The molecular formula is C22H24N2O5. The third-order valence-electron chi connectivity index (χ3n) is 5.44. The molecule has 0 radical (unpaired) electrons. The molecule has 2 aliphatic heterocycles. The number of nitrogens with zero attached hydrogens (tertiary/aromatic N) is 2. The first-order chi connectivity index (χ1) is 14.0. The van der Waals surface area contributed by atoms with Crippen molar-refractivity contribution in [3.05, 3.63) is 65.3 Å². The number of benzene rings is 1. The topological polar surface area (TPSA) is 83.2 Å². The normalized spacial score (nSPS) is 21.9. The molecule has 2 aliphatic rings. The summed E-state index contributed by atoms with van der Waals surface area (Å²) in [4.78, 5) is 29.5. The van der Waals surface area contributed by atoms with Gasteiger partial charge in [0.2, 0.25) is 5.78 Å². The Morgan fingerprint density at radius 1 is 1.24 bits per heavy atom. The zero-order chi connectivity index (χ0) is 20.5. The fourth-order valence-corrected chi connectivity index (χ4v) is 3.92. The minimum absolute atomic E-state index is 0.0422. The Hall–Kier alpha value is -3.06. The van der Waals surface area contributed by atoms with E-state index in [4.69, 9.17) is 9.15 Å². The molecule has 2 unspecified atom stereocenters. The number of Topliss-reactive ketones (excluding diaryl/α,β-unsaturated/α-hetero) is 1. The monoisotopic (exact) mass is 396 g/mol. The van der Waals surface area contributed by atoms with Crippen LogP contribution >= 0.6 is 0 Å². The molecule has 1 saturated heterocycles. The first-order valence-corrected chi connectivity index (χ1v) is 9.68. The number of carbonyl (C=O) groups is 2. The second-order valence-corrected chi connectivity index (χ2v) is 7.55. The lowest BCUT2D eigenvalue weighted by molar-refractivity contribution is -0.131. The molecule has 2 atom stereocenters. The molecule has 1 N–H and O–H groups in total. The number of amides is 1. The lowest BCUT2D eigenvalue weighted by Gasteiger charge is -2.29. The van der Waals surface area contributed by atoms with Crippen molar-refractivity contribution in [2.75, 3.05) is 32.1 Å². The summed E-state index contributed by atoms with van der Waals surface area (Å²) in [5.74, 6) is -1.48. The van der Waals surface area contributed by atoms with E-state index in [9.17, 15) is 14.7 Å². The summed E-state index contributed by atoms with van der Waals surface area (Å²) in [6.45, 7) is 0.977. The molecule has 4 rings (SSSR count). The van der Waals surface area contributed by atoms with Crippen LogP contribution in [0.15, 0.2) is 58.4 Å². The Balaban J connectivity index is 1.74. The van der Waals surface area contributed by atoms with Gasteiger partial charge in [-0.1, -0.05) is 12.1 Å². The maximum absolute atomic E-state index is 13.1. The highest BCUT2D eigenvalue weighted by Gasteiger charge is 2.45. The van der Waals surface area contributed by atoms with Gasteiger partial charge in [-0.2, -0.15) is 0 Å². The largest absolute Gasteiger partial charge is 0.503 e. The van der Waals surface area contributed by atoms with Gasteiger partial charge >= 0.3 is 0 Å².